The smallest absolute Gasteiger partial charge is 0.330 e. The molecule has 2 unspecified atom stereocenters. The Morgan fingerprint density at radius 2 is 2.21 bits per heavy atom. The molecule has 24 heavy (non-hydrogen) atoms. The molecule has 1 aromatic heterocycles. The van der Waals surface area contributed by atoms with Gasteiger partial charge in [-0.25, -0.2) is 4.79 Å². The van der Waals surface area contributed by atoms with Crippen LogP contribution in [-0.2, 0) is 27.6 Å². The summed E-state index contributed by atoms with van der Waals surface area (Å²) in [6.45, 7) is 1.41. The van der Waals surface area contributed by atoms with E-state index in [0.717, 1.165) is 23.6 Å². The fraction of sp³-hybridized carbons (Fsp3) is 0.750. The summed E-state index contributed by atoms with van der Waals surface area (Å²) in [4.78, 5) is 13.8. The van der Waals surface area contributed by atoms with Gasteiger partial charge in [-0.1, -0.05) is 5.21 Å². The number of piperidine rings is 1. The number of hydrogen-bond acceptors (Lipinski definition) is 7. The predicted molar refractivity (Wildman–Crippen MR) is 80.8 cm³/mol. The monoisotopic (exact) mass is 360 g/mol. The molecule has 0 aromatic carbocycles. The molecule has 12 heteroatoms. The lowest BCUT2D eigenvalue weighted by Crippen LogP contribution is -2.42. The van der Waals surface area contributed by atoms with Crippen LogP contribution in [0.25, 0.3) is 0 Å². The van der Waals surface area contributed by atoms with Crippen LogP contribution in [0.15, 0.2) is 6.20 Å². The summed E-state index contributed by atoms with van der Waals surface area (Å²) in [5.41, 5.74) is 6.31. The number of aromatic nitrogens is 3. The van der Waals surface area contributed by atoms with Crippen molar-refractivity contribution in [3.05, 3.63) is 11.9 Å². The van der Waals surface area contributed by atoms with Crippen LogP contribution in [0, 0.1) is 0 Å². The Morgan fingerprint density at radius 3 is 2.92 bits per heavy atom. The zero-order valence-corrected chi connectivity index (χ0v) is 13.8. The Hall–Kier alpha value is -1.76. The molecule has 0 spiro atoms. The molecule has 11 nitrogen and oxygen atoms in total. The Bertz CT molecular complexity index is 707. The van der Waals surface area contributed by atoms with Crippen LogP contribution in [-0.4, -0.2) is 69.1 Å². The largest absolute Gasteiger partial charge is 0.418 e. The molecule has 0 radical (unpaired) electrons. The van der Waals surface area contributed by atoms with Gasteiger partial charge < -0.3 is 10.6 Å². The average Bonchev–Trinajstić information content (AvgIpc) is 3.05. The second kappa shape index (κ2) is 6.63. The van der Waals surface area contributed by atoms with E-state index in [1.807, 2.05) is 6.20 Å². The molecule has 2 atom stereocenters. The molecule has 3 rings (SSSR count). The maximum Gasteiger partial charge on any atom is 0.418 e. The number of carbonyl (C=O) groups is 1. The van der Waals surface area contributed by atoms with Gasteiger partial charge in [0.15, 0.2) is 0 Å². The van der Waals surface area contributed by atoms with Crippen molar-refractivity contribution in [1.82, 2.24) is 25.0 Å². The highest BCUT2D eigenvalue weighted by Gasteiger charge is 2.47. The number of fused-ring (bicyclic) bond motifs is 2. The lowest BCUT2D eigenvalue weighted by atomic mass is 10.0. The van der Waals surface area contributed by atoms with Crippen molar-refractivity contribution in [2.75, 3.05) is 13.1 Å². The highest BCUT2D eigenvalue weighted by molar-refractivity contribution is 7.80. The van der Waals surface area contributed by atoms with E-state index in [-0.39, 0.29) is 12.1 Å². The molecule has 2 fully saturated rings. The maximum atomic E-state index is 12.3. The second-order valence-electron chi connectivity index (χ2n) is 5.97. The molecule has 2 saturated heterocycles. The number of nitrogens with two attached hydrogens (primary N) is 1. The second-order valence-corrected chi connectivity index (χ2v) is 6.98. The molecule has 3 N–H and O–H groups in total. The minimum Gasteiger partial charge on any atom is -0.330 e. The fourth-order valence-corrected chi connectivity index (χ4v) is 3.53. The lowest BCUT2D eigenvalue weighted by Gasteiger charge is -2.30. The molecule has 0 saturated carbocycles. The number of hydrogen-bond donors (Lipinski definition) is 2. The first-order valence-electron chi connectivity index (χ1n) is 7.73. The lowest BCUT2D eigenvalue weighted by molar-refractivity contribution is -0.0317. The van der Waals surface area contributed by atoms with Gasteiger partial charge in [0.25, 0.3) is 0 Å². The number of rotatable bonds is 7. The van der Waals surface area contributed by atoms with E-state index in [4.69, 9.17) is 10.3 Å². The first-order chi connectivity index (χ1) is 11.4. The molecule has 134 valence electrons. The van der Waals surface area contributed by atoms with Gasteiger partial charge in [0.1, 0.15) is 0 Å². The Labute approximate surface area is 139 Å². The first kappa shape index (κ1) is 17.1. The zero-order valence-electron chi connectivity index (χ0n) is 13.0. The van der Waals surface area contributed by atoms with Crippen molar-refractivity contribution in [2.45, 2.75) is 44.3 Å². The highest BCUT2D eigenvalue weighted by atomic mass is 32.3. The van der Waals surface area contributed by atoms with E-state index < -0.39 is 16.4 Å². The Balaban J connectivity index is 1.65. The normalized spacial score (nSPS) is 24.0. The van der Waals surface area contributed by atoms with Crippen LogP contribution < -0.4 is 5.73 Å². The molecule has 2 bridgehead atoms. The van der Waals surface area contributed by atoms with Gasteiger partial charge in [0.2, 0.25) is 0 Å². The van der Waals surface area contributed by atoms with Gasteiger partial charge in [-0.3, -0.25) is 9.23 Å². The van der Waals surface area contributed by atoms with E-state index in [0.29, 0.717) is 32.5 Å². The Kier molecular flexibility index (Phi) is 4.71. The standard InChI is InChI=1S/C12H20N6O5S/c13-5-1-2-9-6-16(15-14-9)7-10-3-4-11-8-17(10)12(19)18(11)23-24(20,21)22/h6,10-11H,1-5,7-8,13H2,(H,20,21,22). The Morgan fingerprint density at radius 1 is 1.42 bits per heavy atom. The summed E-state index contributed by atoms with van der Waals surface area (Å²) in [6, 6.07) is -1.08. The zero-order chi connectivity index (χ0) is 17.3. The summed E-state index contributed by atoms with van der Waals surface area (Å²) < 4.78 is 36.6. The molecule has 2 amide bonds. The van der Waals surface area contributed by atoms with Gasteiger partial charge in [-0.15, -0.1) is 9.38 Å². The summed E-state index contributed by atoms with van der Waals surface area (Å²) in [7, 11) is -4.72. The fourth-order valence-electron chi connectivity index (χ4n) is 3.14. The summed E-state index contributed by atoms with van der Waals surface area (Å²) in [6.07, 6.45) is 4.67. The van der Waals surface area contributed by atoms with Crippen LogP contribution in [0.5, 0.6) is 0 Å². The third-order valence-corrected chi connectivity index (χ3v) is 4.59. The topological polar surface area (TPSA) is 144 Å². The number of hydroxylamine groups is 2. The van der Waals surface area contributed by atoms with E-state index in [9.17, 15) is 13.2 Å². The highest BCUT2D eigenvalue weighted by Crippen LogP contribution is 2.31. The van der Waals surface area contributed by atoms with Crippen molar-refractivity contribution >= 4 is 16.4 Å². The third-order valence-electron chi connectivity index (χ3n) is 4.24. The number of aryl methyl sites for hydroxylation is 1. The van der Waals surface area contributed by atoms with Crippen LogP contribution in [0.1, 0.15) is 25.0 Å². The van der Waals surface area contributed by atoms with E-state index in [1.165, 1.54) is 0 Å². The minimum absolute atomic E-state index is 0.132. The van der Waals surface area contributed by atoms with Crippen molar-refractivity contribution in [1.29, 1.82) is 0 Å². The minimum atomic E-state index is -4.72. The van der Waals surface area contributed by atoms with Crippen LogP contribution >= 0.6 is 0 Å². The summed E-state index contributed by atoms with van der Waals surface area (Å²) in [5.74, 6) is 0. The van der Waals surface area contributed by atoms with Crippen molar-refractivity contribution in [2.24, 2.45) is 5.73 Å². The van der Waals surface area contributed by atoms with Gasteiger partial charge in [-0.2, -0.15) is 13.5 Å². The molecular weight excluding hydrogens is 340 g/mol. The van der Waals surface area contributed by atoms with Gasteiger partial charge in [0, 0.05) is 12.7 Å². The summed E-state index contributed by atoms with van der Waals surface area (Å²) >= 11 is 0. The van der Waals surface area contributed by atoms with Crippen molar-refractivity contribution in [3.63, 3.8) is 0 Å². The number of nitrogens with zero attached hydrogens (tertiary/aromatic N) is 5. The van der Waals surface area contributed by atoms with Crippen molar-refractivity contribution < 1.29 is 22.0 Å². The third kappa shape index (κ3) is 3.66. The molecule has 1 aromatic rings. The quantitative estimate of drug-likeness (QED) is 0.600. The SMILES string of the molecule is NCCCc1cn(CC2CCC3CN2C(=O)N3OS(=O)(=O)O)nn1. The predicted octanol–water partition coefficient (Wildman–Crippen LogP) is -0.828. The van der Waals surface area contributed by atoms with Crippen LogP contribution in [0.4, 0.5) is 4.79 Å². The molecule has 2 aliphatic heterocycles. The number of urea groups is 1. The van der Waals surface area contributed by atoms with Crippen molar-refractivity contribution in [3.8, 4) is 0 Å². The number of carbonyl (C=O) groups excluding carboxylic acids is 1. The first-order valence-corrected chi connectivity index (χ1v) is 9.10. The van der Waals surface area contributed by atoms with Crippen LogP contribution in [0.2, 0.25) is 0 Å². The summed E-state index contributed by atoms with van der Waals surface area (Å²) in [5, 5.41) is 8.87. The van der Waals surface area contributed by atoms with E-state index >= 15 is 0 Å². The van der Waals surface area contributed by atoms with E-state index in [2.05, 4.69) is 14.6 Å². The molecule has 2 aliphatic rings. The average molecular weight is 360 g/mol. The molecular formula is C12H20N6O5S. The number of amides is 2. The van der Waals surface area contributed by atoms with Crippen LogP contribution in [0.3, 0.4) is 0 Å². The maximum absolute atomic E-state index is 12.3. The molecule has 0 aliphatic carbocycles. The van der Waals surface area contributed by atoms with E-state index in [1.54, 1.807) is 9.58 Å². The van der Waals surface area contributed by atoms with Gasteiger partial charge in [0.05, 0.1) is 24.3 Å². The molecule has 3 heterocycles. The van der Waals surface area contributed by atoms with Gasteiger partial charge >= 0.3 is 16.4 Å². The van der Waals surface area contributed by atoms with Gasteiger partial charge in [-0.05, 0) is 32.2 Å².